The molecule has 0 bridgehead atoms. The van der Waals surface area contributed by atoms with Gasteiger partial charge >= 0.3 is 0 Å². The molecule has 2 aliphatic rings. The van der Waals surface area contributed by atoms with E-state index >= 15 is 0 Å². The molecule has 0 aromatic heterocycles. The summed E-state index contributed by atoms with van der Waals surface area (Å²) in [6.07, 6.45) is 15.0. The van der Waals surface area contributed by atoms with E-state index in [1.54, 1.807) is 0 Å². The smallest absolute Gasteiger partial charge is 0.140 e. The third kappa shape index (κ3) is 3.43. The molecule has 0 aliphatic heterocycles. The number of carbonyl (C=O) groups is 1. The van der Waals surface area contributed by atoms with E-state index in [1.165, 1.54) is 56.9 Å². The van der Waals surface area contributed by atoms with Crippen molar-refractivity contribution in [2.45, 2.75) is 71.1 Å². The first kappa shape index (κ1) is 12.9. The number of hydrogen-bond donors (Lipinski definition) is 0. The number of Topliss-reactive ketones (excluding diaryl/α,β-unsaturated/α-hetero) is 1. The minimum atomic E-state index is 0.296. The molecule has 0 spiro atoms. The highest BCUT2D eigenvalue weighted by atomic mass is 16.1. The quantitative estimate of drug-likeness (QED) is 0.557. The summed E-state index contributed by atoms with van der Waals surface area (Å²) in [5.74, 6) is 1.33. The Balaban J connectivity index is 2.03. The van der Waals surface area contributed by atoms with E-state index in [-0.39, 0.29) is 0 Å². The lowest BCUT2D eigenvalue weighted by molar-refractivity contribution is -0.120. The van der Waals surface area contributed by atoms with Gasteiger partial charge in [-0.05, 0) is 25.2 Å². The molecular formula is C16H26O. The van der Waals surface area contributed by atoms with Gasteiger partial charge < -0.3 is 0 Å². The fourth-order valence-electron chi connectivity index (χ4n) is 3.41. The molecule has 2 aliphatic carbocycles. The highest BCUT2D eigenvalue weighted by molar-refractivity contribution is 5.87. The first-order valence-electron chi connectivity index (χ1n) is 7.51. The Bertz CT molecular complexity index is 290. The van der Waals surface area contributed by atoms with Gasteiger partial charge in [-0.1, -0.05) is 57.1 Å². The third-order valence-corrected chi connectivity index (χ3v) is 4.44. The van der Waals surface area contributed by atoms with Crippen LogP contribution in [0.5, 0.6) is 0 Å². The second-order valence-corrected chi connectivity index (χ2v) is 5.88. The highest BCUT2D eigenvalue weighted by Gasteiger charge is 2.33. The van der Waals surface area contributed by atoms with Gasteiger partial charge in [0.1, 0.15) is 5.78 Å². The molecule has 0 N–H and O–H groups in total. The van der Waals surface area contributed by atoms with Crippen LogP contribution in [0.3, 0.4) is 0 Å². The van der Waals surface area contributed by atoms with Gasteiger partial charge in [0.25, 0.3) is 0 Å². The molecule has 1 saturated carbocycles. The molecular weight excluding hydrogens is 208 g/mol. The zero-order valence-electron chi connectivity index (χ0n) is 11.2. The van der Waals surface area contributed by atoms with Crippen LogP contribution >= 0.6 is 0 Å². The maximum absolute atomic E-state index is 12.0. The van der Waals surface area contributed by atoms with Crippen LogP contribution in [-0.2, 0) is 4.79 Å². The van der Waals surface area contributed by atoms with Crippen molar-refractivity contribution in [3.8, 4) is 0 Å². The summed E-state index contributed by atoms with van der Waals surface area (Å²) in [7, 11) is 0. The Morgan fingerprint density at radius 2 is 1.65 bits per heavy atom. The van der Waals surface area contributed by atoms with Crippen molar-refractivity contribution in [1.29, 1.82) is 0 Å². The zero-order chi connectivity index (χ0) is 12.1. The van der Waals surface area contributed by atoms with Gasteiger partial charge in [0.2, 0.25) is 0 Å². The van der Waals surface area contributed by atoms with Gasteiger partial charge in [-0.15, -0.1) is 0 Å². The van der Waals surface area contributed by atoms with Crippen molar-refractivity contribution in [1.82, 2.24) is 0 Å². The number of fused-ring (bicyclic) bond motifs is 1. The van der Waals surface area contributed by atoms with E-state index in [4.69, 9.17) is 0 Å². The van der Waals surface area contributed by atoms with Crippen molar-refractivity contribution >= 4 is 5.78 Å². The molecule has 17 heavy (non-hydrogen) atoms. The molecule has 2 unspecified atom stereocenters. The third-order valence-electron chi connectivity index (χ3n) is 4.44. The lowest BCUT2D eigenvalue weighted by atomic mass is 9.90. The topological polar surface area (TPSA) is 17.1 Å². The Hall–Kier alpha value is -0.590. The first-order valence-corrected chi connectivity index (χ1v) is 7.51. The second kappa shape index (κ2) is 6.37. The normalized spacial score (nSPS) is 32.3. The molecule has 1 heteroatoms. The Morgan fingerprint density at radius 1 is 1.00 bits per heavy atom. The van der Waals surface area contributed by atoms with Crippen LogP contribution in [0.1, 0.15) is 71.1 Å². The maximum Gasteiger partial charge on any atom is 0.140 e. The van der Waals surface area contributed by atoms with Gasteiger partial charge in [-0.25, -0.2) is 0 Å². The SMILES string of the molecule is CC1CC(=O)C2CCCCCCCCCC=C12. The van der Waals surface area contributed by atoms with Crippen LogP contribution in [0, 0.1) is 11.8 Å². The van der Waals surface area contributed by atoms with Gasteiger partial charge in [0, 0.05) is 12.3 Å². The van der Waals surface area contributed by atoms with E-state index < -0.39 is 0 Å². The van der Waals surface area contributed by atoms with Crippen LogP contribution in [-0.4, -0.2) is 5.78 Å². The zero-order valence-corrected chi connectivity index (χ0v) is 11.2. The van der Waals surface area contributed by atoms with E-state index in [9.17, 15) is 4.79 Å². The average Bonchev–Trinajstić information content (AvgIpc) is 2.54. The van der Waals surface area contributed by atoms with E-state index in [0.717, 1.165) is 12.8 Å². The predicted octanol–water partition coefficient (Wildman–Crippen LogP) is 4.66. The van der Waals surface area contributed by atoms with Crippen LogP contribution in [0.15, 0.2) is 11.6 Å². The second-order valence-electron chi connectivity index (χ2n) is 5.88. The summed E-state index contributed by atoms with van der Waals surface area (Å²) < 4.78 is 0. The number of rotatable bonds is 0. The average molecular weight is 234 g/mol. The largest absolute Gasteiger partial charge is 0.299 e. The Kier molecular flexibility index (Phi) is 4.82. The summed E-state index contributed by atoms with van der Waals surface area (Å²) in [5, 5.41) is 0. The number of ketones is 1. The van der Waals surface area contributed by atoms with Crippen molar-refractivity contribution < 1.29 is 4.79 Å². The molecule has 0 aromatic carbocycles. The molecule has 0 radical (unpaired) electrons. The number of allylic oxidation sites excluding steroid dienone is 2. The summed E-state index contributed by atoms with van der Waals surface area (Å²) in [4.78, 5) is 12.0. The Labute approximate surface area is 106 Å². The monoisotopic (exact) mass is 234 g/mol. The van der Waals surface area contributed by atoms with Gasteiger partial charge in [0.05, 0.1) is 0 Å². The van der Waals surface area contributed by atoms with Crippen LogP contribution < -0.4 is 0 Å². The molecule has 2 atom stereocenters. The fraction of sp³-hybridized carbons (Fsp3) is 0.812. The van der Waals surface area contributed by atoms with Crippen molar-refractivity contribution in [2.24, 2.45) is 11.8 Å². The molecule has 0 aromatic rings. The van der Waals surface area contributed by atoms with Crippen LogP contribution in [0.25, 0.3) is 0 Å². The van der Waals surface area contributed by atoms with Gasteiger partial charge in [-0.2, -0.15) is 0 Å². The van der Waals surface area contributed by atoms with Gasteiger partial charge in [-0.3, -0.25) is 4.79 Å². The maximum atomic E-state index is 12.0. The predicted molar refractivity (Wildman–Crippen MR) is 71.9 cm³/mol. The Morgan fingerprint density at radius 3 is 2.41 bits per heavy atom. The minimum Gasteiger partial charge on any atom is -0.299 e. The van der Waals surface area contributed by atoms with Crippen molar-refractivity contribution in [2.75, 3.05) is 0 Å². The first-order chi connectivity index (χ1) is 8.29. The molecule has 2 rings (SSSR count). The molecule has 1 nitrogen and oxygen atoms in total. The molecule has 96 valence electrons. The summed E-state index contributed by atoms with van der Waals surface area (Å²) in [6, 6.07) is 0. The van der Waals surface area contributed by atoms with Gasteiger partial charge in [0.15, 0.2) is 0 Å². The molecule has 0 heterocycles. The lowest BCUT2D eigenvalue weighted by Gasteiger charge is -2.14. The molecule has 1 fully saturated rings. The summed E-state index contributed by atoms with van der Waals surface area (Å²) in [5.41, 5.74) is 1.48. The number of hydrogen-bond acceptors (Lipinski definition) is 1. The van der Waals surface area contributed by atoms with Crippen molar-refractivity contribution in [3.05, 3.63) is 11.6 Å². The lowest BCUT2D eigenvalue weighted by Crippen LogP contribution is -2.08. The van der Waals surface area contributed by atoms with E-state index in [1.807, 2.05) is 0 Å². The molecule has 0 saturated heterocycles. The van der Waals surface area contributed by atoms with E-state index in [0.29, 0.717) is 17.6 Å². The highest BCUT2D eigenvalue weighted by Crippen LogP contribution is 2.37. The van der Waals surface area contributed by atoms with E-state index in [2.05, 4.69) is 13.0 Å². The standard InChI is InChI=1S/C16H26O/c1-13-12-16(17)15-11-9-7-5-3-2-4-6-8-10-14(13)15/h10,13,15H,2-9,11-12H2,1H3. The van der Waals surface area contributed by atoms with Crippen molar-refractivity contribution in [3.63, 3.8) is 0 Å². The van der Waals surface area contributed by atoms with Crippen LogP contribution in [0.4, 0.5) is 0 Å². The summed E-state index contributed by atoms with van der Waals surface area (Å²) in [6.45, 7) is 2.23. The van der Waals surface area contributed by atoms with Crippen LogP contribution in [0.2, 0.25) is 0 Å². The number of carbonyl (C=O) groups excluding carboxylic acids is 1. The minimum absolute atomic E-state index is 0.296. The fourth-order valence-corrected chi connectivity index (χ4v) is 3.41. The molecule has 0 amide bonds. The summed E-state index contributed by atoms with van der Waals surface area (Å²) >= 11 is 0.